The summed E-state index contributed by atoms with van der Waals surface area (Å²) in [7, 11) is 1.70. The van der Waals surface area contributed by atoms with E-state index in [1.165, 1.54) is 11.1 Å². The number of benzene rings is 1. The largest absolute Gasteiger partial charge is 0.496 e. The first-order valence-electron chi connectivity index (χ1n) is 6.51. The Morgan fingerprint density at radius 1 is 1.22 bits per heavy atom. The molecule has 0 spiro atoms. The Balaban J connectivity index is 2.61. The van der Waals surface area contributed by atoms with Crippen molar-refractivity contribution in [1.82, 2.24) is 0 Å². The Hall–Kier alpha value is -1.31. The van der Waals surface area contributed by atoms with Crippen LogP contribution in [0.3, 0.4) is 0 Å². The summed E-state index contributed by atoms with van der Waals surface area (Å²) in [4.78, 5) is 12.1. The molecule has 98 valence electrons. The maximum atomic E-state index is 12.1. The van der Waals surface area contributed by atoms with Crippen LogP contribution in [0.1, 0.15) is 44.7 Å². The van der Waals surface area contributed by atoms with Gasteiger partial charge in [0, 0.05) is 22.8 Å². The summed E-state index contributed by atoms with van der Waals surface area (Å²) in [5.74, 6) is 1.25. The molecule has 2 nitrogen and oxygen atoms in total. The highest BCUT2D eigenvalue weighted by Gasteiger charge is 2.53. The highest BCUT2D eigenvalue weighted by Crippen LogP contribution is 2.53. The van der Waals surface area contributed by atoms with Crippen LogP contribution < -0.4 is 4.74 Å². The van der Waals surface area contributed by atoms with Crippen molar-refractivity contribution >= 4 is 5.78 Å². The van der Waals surface area contributed by atoms with E-state index >= 15 is 0 Å². The highest BCUT2D eigenvalue weighted by molar-refractivity contribution is 5.89. The van der Waals surface area contributed by atoms with Crippen LogP contribution in [0.2, 0.25) is 0 Å². The quantitative estimate of drug-likeness (QED) is 0.796. The van der Waals surface area contributed by atoms with Gasteiger partial charge in [0.15, 0.2) is 0 Å². The second-order valence-corrected chi connectivity index (χ2v) is 6.08. The van der Waals surface area contributed by atoms with E-state index in [1.54, 1.807) is 7.11 Å². The standard InChI is InChI=1S/C16H22O2/c1-11-6-7-13(18-5)12(10-11)16(4)9-8-14(17)15(16,2)3/h6-7,10H,8-9H2,1-5H3/t16-/m0/s1. The number of carbonyl (C=O) groups is 1. The Morgan fingerprint density at radius 2 is 1.89 bits per heavy atom. The lowest BCUT2D eigenvalue weighted by Crippen LogP contribution is -2.38. The van der Waals surface area contributed by atoms with E-state index in [0.717, 1.165) is 12.2 Å². The van der Waals surface area contributed by atoms with Crippen LogP contribution in [0.4, 0.5) is 0 Å². The molecule has 0 unspecified atom stereocenters. The van der Waals surface area contributed by atoms with E-state index in [1.807, 2.05) is 6.07 Å². The van der Waals surface area contributed by atoms with Crippen molar-refractivity contribution in [2.24, 2.45) is 5.41 Å². The Labute approximate surface area is 109 Å². The molecule has 2 heteroatoms. The second-order valence-electron chi connectivity index (χ2n) is 6.08. The average Bonchev–Trinajstić information content (AvgIpc) is 2.54. The van der Waals surface area contributed by atoms with Crippen LogP contribution in [0.25, 0.3) is 0 Å². The van der Waals surface area contributed by atoms with E-state index in [4.69, 9.17) is 4.74 Å². The lowest BCUT2D eigenvalue weighted by Gasteiger charge is -2.38. The molecule has 1 aromatic carbocycles. The van der Waals surface area contributed by atoms with Crippen molar-refractivity contribution in [3.8, 4) is 5.75 Å². The predicted molar refractivity (Wildman–Crippen MR) is 73.1 cm³/mol. The Morgan fingerprint density at radius 3 is 2.39 bits per heavy atom. The van der Waals surface area contributed by atoms with Crippen LogP contribution in [0.15, 0.2) is 18.2 Å². The number of carbonyl (C=O) groups excluding carboxylic acids is 1. The lowest BCUT2D eigenvalue weighted by atomic mass is 9.64. The number of ketones is 1. The van der Waals surface area contributed by atoms with E-state index in [-0.39, 0.29) is 10.8 Å². The zero-order valence-corrected chi connectivity index (χ0v) is 12.0. The maximum absolute atomic E-state index is 12.1. The van der Waals surface area contributed by atoms with Gasteiger partial charge < -0.3 is 4.74 Å². The number of hydrogen-bond acceptors (Lipinski definition) is 2. The Bertz CT molecular complexity index is 488. The van der Waals surface area contributed by atoms with Gasteiger partial charge in [0.1, 0.15) is 11.5 Å². The number of ether oxygens (including phenoxy) is 1. The third-order valence-electron chi connectivity index (χ3n) is 4.88. The zero-order chi connectivity index (χ0) is 13.6. The van der Waals surface area contributed by atoms with Gasteiger partial charge in [-0.05, 0) is 19.4 Å². The van der Waals surface area contributed by atoms with Crippen LogP contribution in [0, 0.1) is 12.3 Å². The summed E-state index contributed by atoms with van der Waals surface area (Å²) in [6, 6.07) is 6.23. The lowest BCUT2D eigenvalue weighted by molar-refractivity contribution is -0.125. The fraction of sp³-hybridized carbons (Fsp3) is 0.562. The first-order valence-corrected chi connectivity index (χ1v) is 6.51. The van der Waals surface area contributed by atoms with Crippen LogP contribution in [-0.2, 0) is 10.2 Å². The number of Topliss-reactive ketones (excluding diaryl/α,β-unsaturated/α-hetero) is 1. The Kier molecular flexibility index (Phi) is 3.00. The fourth-order valence-corrected chi connectivity index (χ4v) is 3.02. The van der Waals surface area contributed by atoms with Crippen molar-refractivity contribution in [3.63, 3.8) is 0 Å². The number of aryl methyl sites for hydroxylation is 1. The summed E-state index contributed by atoms with van der Waals surface area (Å²) < 4.78 is 5.50. The van der Waals surface area contributed by atoms with Gasteiger partial charge in [-0.15, -0.1) is 0 Å². The fourth-order valence-electron chi connectivity index (χ4n) is 3.02. The second kappa shape index (κ2) is 4.11. The molecule has 0 N–H and O–H groups in total. The van der Waals surface area contributed by atoms with Crippen molar-refractivity contribution in [1.29, 1.82) is 0 Å². The topological polar surface area (TPSA) is 26.3 Å². The molecule has 1 atom stereocenters. The monoisotopic (exact) mass is 246 g/mol. The van der Waals surface area contributed by atoms with Gasteiger partial charge in [0.25, 0.3) is 0 Å². The first-order chi connectivity index (χ1) is 8.33. The third-order valence-corrected chi connectivity index (χ3v) is 4.88. The van der Waals surface area contributed by atoms with E-state index in [0.29, 0.717) is 12.2 Å². The summed E-state index contributed by atoms with van der Waals surface area (Å²) >= 11 is 0. The van der Waals surface area contributed by atoms with Crippen molar-refractivity contribution in [2.45, 2.75) is 46.0 Å². The van der Waals surface area contributed by atoms with Gasteiger partial charge in [0.05, 0.1) is 7.11 Å². The highest BCUT2D eigenvalue weighted by atomic mass is 16.5. The smallest absolute Gasteiger partial charge is 0.139 e. The summed E-state index contributed by atoms with van der Waals surface area (Å²) in [5, 5.41) is 0. The van der Waals surface area contributed by atoms with Gasteiger partial charge in [-0.25, -0.2) is 0 Å². The van der Waals surface area contributed by atoms with Crippen molar-refractivity contribution in [3.05, 3.63) is 29.3 Å². The van der Waals surface area contributed by atoms with Gasteiger partial charge in [0.2, 0.25) is 0 Å². The molecule has 1 fully saturated rings. The molecule has 0 aromatic heterocycles. The molecular weight excluding hydrogens is 224 g/mol. The molecule has 0 aliphatic heterocycles. The number of rotatable bonds is 2. The molecule has 0 saturated heterocycles. The molecule has 1 aliphatic carbocycles. The van der Waals surface area contributed by atoms with Gasteiger partial charge in [-0.3, -0.25) is 4.79 Å². The summed E-state index contributed by atoms with van der Waals surface area (Å²) in [6.45, 7) is 8.39. The molecule has 0 bridgehead atoms. The summed E-state index contributed by atoms with van der Waals surface area (Å²) in [6.07, 6.45) is 1.57. The zero-order valence-electron chi connectivity index (χ0n) is 12.0. The molecule has 0 radical (unpaired) electrons. The summed E-state index contributed by atoms with van der Waals surface area (Å²) in [5.41, 5.74) is 1.92. The minimum atomic E-state index is -0.325. The minimum Gasteiger partial charge on any atom is -0.496 e. The molecule has 1 saturated carbocycles. The van der Waals surface area contributed by atoms with Gasteiger partial charge >= 0.3 is 0 Å². The van der Waals surface area contributed by atoms with Crippen molar-refractivity contribution in [2.75, 3.05) is 7.11 Å². The molecule has 0 heterocycles. The molecule has 1 aliphatic rings. The third kappa shape index (κ3) is 1.66. The van der Waals surface area contributed by atoms with Crippen LogP contribution in [0.5, 0.6) is 5.75 Å². The van der Waals surface area contributed by atoms with Crippen LogP contribution >= 0.6 is 0 Å². The van der Waals surface area contributed by atoms with Crippen molar-refractivity contribution < 1.29 is 9.53 Å². The van der Waals surface area contributed by atoms with Gasteiger partial charge in [-0.1, -0.05) is 38.5 Å². The maximum Gasteiger partial charge on any atom is 0.139 e. The first kappa shape index (κ1) is 13.1. The molecule has 1 aromatic rings. The minimum absolute atomic E-state index is 0.137. The van der Waals surface area contributed by atoms with E-state index < -0.39 is 0 Å². The van der Waals surface area contributed by atoms with Crippen LogP contribution in [-0.4, -0.2) is 12.9 Å². The average molecular weight is 246 g/mol. The molecule has 2 rings (SSSR count). The molecule has 18 heavy (non-hydrogen) atoms. The van der Waals surface area contributed by atoms with E-state index in [9.17, 15) is 4.79 Å². The number of hydrogen-bond donors (Lipinski definition) is 0. The number of methoxy groups -OCH3 is 1. The normalized spacial score (nSPS) is 26.4. The SMILES string of the molecule is COc1ccc(C)cc1[C@]1(C)CCC(=O)C1(C)C. The predicted octanol–water partition coefficient (Wildman–Crippen LogP) is 3.65. The van der Waals surface area contributed by atoms with E-state index in [2.05, 4.69) is 39.8 Å². The van der Waals surface area contributed by atoms with Gasteiger partial charge in [-0.2, -0.15) is 0 Å². The molecular formula is C16H22O2. The molecule has 0 amide bonds.